The molecule has 2 aliphatic heterocycles. The molecule has 0 aromatic heterocycles. The molecule has 6 rings (SSSR count). The third kappa shape index (κ3) is 10.1. The van der Waals surface area contributed by atoms with Crippen LogP contribution in [0.2, 0.25) is 0 Å². The number of anilines is 2. The van der Waals surface area contributed by atoms with Crippen LogP contribution >= 0.6 is 0 Å². The third-order valence-corrected chi connectivity index (χ3v) is 9.96. The summed E-state index contributed by atoms with van der Waals surface area (Å²) in [5.41, 5.74) is 12.9. The summed E-state index contributed by atoms with van der Waals surface area (Å²) in [6.45, 7) is 2.21. The maximum absolute atomic E-state index is 12.6. The standard InChI is InChI=1S/C42H50N4O6/c43-37-13-1-2-14-38(37)45-41(50)16-4-3-15-40(49)44-25-30-8-5-9-32(22-30)33-10-6-11-34(23-33)42-51-36(26-46-21-7-12-35(46)28-48)24-39(52-42)31-19-17-29(27-47)18-20-31/h1-2,5-6,8-11,13-14,17-20,22-23,35-36,39,42,47-48H,3-4,7,12,15-16,21,24-28,43H2,(H,44,49)(H,45,50). The highest BCUT2D eigenvalue weighted by Gasteiger charge is 2.35. The lowest BCUT2D eigenvalue weighted by Crippen LogP contribution is -2.42. The Labute approximate surface area is 305 Å². The van der Waals surface area contributed by atoms with Crippen molar-refractivity contribution in [1.29, 1.82) is 0 Å². The zero-order valence-electron chi connectivity index (χ0n) is 29.6. The van der Waals surface area contributed by atoms with E-state index in [1.807, 2.05) is 60.7 Å². The topological polar surface area (TPSA) is 146 Å². The predicted octanol–water partition coefficient (Wildman–Crippen LogP) is 6.25. The van der Waals surface area contributed by atoms with E-state index in [9.17, 15) is 19.8 Å². The maximum Gasteiger partial charge on any atom is 0.224 e. The van der Waals surface area contributed by atoms with Crippen molar-refractivity contribution in [1.82, 2.24) is 10.2 Å². The molecule has 4 aromatic carbocycles. The Bertz CT molecular complexity index is 1780. The number of amides is 2. The van der Waals surface area contributed by atoms with Gasteiger partial charge in [0.2, 0.25) is 11.8 Å². The normalized spacial score (nSPS) is 20.4. The second-order valence-corrected chi connectivity index (χ2v) is 13.8. The zero-order valence-corrected chi connectivity index (χ0v) is 29.6. The Hall–Kier alpha value is -4.58. The summed E-state index contributed by atoms with van der Waals surface area (Å²) in [5, 5.41) is 25.3. The van der Waals surface area contributed by atoms with Crippen LogP contribution < -0.4 is 16.4 Å². The van der Waals surface area contributed by atoms with Crippen LogP contribution in [0, 0.1) is 0 Å². The van der Waals surface area contributed by atoms with Gasteiger partial charge in [-0.1, -0.05) is 72.8 Å². The molecule has 52 heavy (non-hydrogen) atoms. The molecular weight excluding hydrogens is 656 g/mol. The number of carbonyl (C=O) groups is 2. The monoisotopic (exact) mass is 706 g/mol. The summed E-state index contributed by atoms with van der Waals surface area (Å²) >= 11 is 0. The van der Waals surface area contributed by atoms with Crippen molar-refractivity contribution in [3.8, 4) is 11.1 Å². The third-order valence-electron chi connectivity index (χ3n) is 9.96. The van der Waals surface area contributed by atoms with E-state index in [2.05, 4.69) is 39.8 Å². The van der Waals surface area contributed by atoms with Gasteiger partial charge in [-0.05, 0) is 84.3 Å². The second kappa shape index (κ2) is 18.3. The minimum absolute atomic E-state index is 0.00791. The summed E-state index contributed by atoms with van der Waals surface area (Å²) in [6.07, 6.45) is 3.77. The number of aliphatic hydroxyl groups excluding tert-OH is 2. The fourth-order valence-corrected chi connectivity index (χ4v) is 7.05. The lowest BCUT2D eigenvalue weighted by Gasteiger charge is -2.38. The van der Waals surface area contributed by atoms with E-state index < -0.39 is 6.29 Å². The van der Waals surface area contributed by atoms with E-state index in [-0.39, 0.29) is 43.3 Å². The summed E-state index contributed by atoms with van der Waals surface area (Å²) in [4.78, 5) is 27.2. The van der Waals surface area contributed by atoms with Crippen LogP contribution in [-0.2, 0) is 32.2 Å². The van der Waals surface area contributed by atoms with Gasteiger partial charge in [0.05, 0.1) is 36.8 Å². The molecule has 10 heteroatoms. The smallest absolute Gasteiger partial charge is 0.224 e. The number of hydrogen-bond donors (Lipinski definition) is 5. The second-order valence-electron chi connectivity index (χ2n) is 13.8. The summed E-state index contributed by atoms with van der Waals surface area (Å²) in [5.74, 6) is -0.173. The quantitative estimate of drug-likeness (QED) is 0.0721. The zero-order chi connectivity index (χ0) is 36.3. The van der Waals surface area contributed by atoms with Crippen molar-refractivity contribution in [2.24, 2.45) is 0 Å². The van der Waals surface area contributed by atoms with Crippen molar-refractivity contribution in [3.05, 3.63) is 119 Å². The molecule has 2 saturated heterocycles. The molecular formula is C42H50N4O6. The number of benzene rings is 4. The van der Waals surface area contributed by atoms with Crippen LogP contribution in [0.4, 0.5) is 11.4 Å². The number of nitrogens with one attached hydrogen (secondary N) is 2. The van der Waals surface area contributed by atoms with Crippen molar-refractivity contribution in [3.63, 3.8) is 0 Å². The van der Waals surface area contributed by atoms with Gasteiger partial charge in [0, 0.05) is 44.0 Å². The molecule has 4 atom stereocenters. The maximum atomic E-state index is 12.6. The van der Waals surface area contributed by atoms with Gasteiger partial charge < -0.3 is 36.1 Å². The van der Waals surface area contributed by atoms with Crippen molar-refractivity contribution >= 4 is 23.2 Å². The SMILES string of the molecule is Nc1ccccc1NC(=O)CCCCC(=O)NCc1cccc(-c2cccc(C3OC(CN4CCCC4CO)CC(c4ccc(CO)cc4)O3)c2)c1. The molecule has 2 heterocycles. The van der Waals surface area contributed by atoms with Gasteiger partial charge >= 0.3 is 0 Å². The molecule has 0 saturated carbocycles. The van der Waals surface area contributed by atoms with Crippen molar-refractivity contribution in [2.45, 2.75) is 82.6 Å². The van der Waals surface area contributed by atoms with Gasteiger partial charge in [-0.2, -0.15) is 0 Å². The largest absolute Gasteiger partial charge is 0.397 e. The number of aliphatic hydroxyl groups is 2. The van der Waals surface area contributed by atoms with Crippen LogP contribution in [-0.4, -0.2) is 58.8 Å². The molecule has 274 valence electrons. The first-order valence-electron chi connectivity index (χ1n) is 18.3. The molecule has 6 N–H and O–H groups in total. The van der Waals surface area contributed by atoms with E-state index in [1.54, 1.807) is 12.1 Å². The van der Waals surface area contributed by atoms with Gasteiger partial charge in [0.1, 0.15) is 0 Å². The van der Waals surface area contributed by atoms with E-state index in [0.717, 1.165) is 59.3 Å². The van der Waals surface area contributed by atoms with E-state index >= 15 is 0 Å². The van der Waals surface area contributed by atoms with Crippen LogP contribution in [0.25, 0.3) is 11.1 Å². The van der Waals surface area contributed by atoms with Crippen LogP contribution in [0.3, 0.4) is 0 Å². The fourth-order valence-electron chi connectivity index (χ4n) is 7.05. The highest BCUT2D eigenvalue weighted by atomic mass is 16.7. The van der Waals surface area contributed by atoms with Crippen molar-refractivity contribution in [2.75, 3.05) is 30.7 Å². The molecule has 4 unspecified atom stereocenters. The number of nitrogen functional groups attached to an aromatic ring is 1. The Morgan fingerprint density at radius 2 is 1.56 bits per heavy atom. The number of nitrogens with zero attached hydrogens (tertiary/aromatic N) is 1. The van der Waals surface area contributed by atoms with E-state index in [4.69, 9.17) is 15.2 Å². The molecule has 0 bridgehead atoms. The number of para-hydroxylation sites is 2. The minimum Gasteiger partial charge on any atom is -0.397 e. The average Bonchev–Trinajstić information content (AvgIpc) is 3.63. The first kappa shape index (κ1) is 37.2. The van der Waals surface area contributed by atoms with Gasteiger partial charge in [-0.15, -0.1) is 0 Å². The summed E-state index contributed by atoms with van der Waals surface area (Å²) in [7, 11) is 0. The van der Waals surface area contributed by atoms with Gasteiger partial charge in [-0.3, -0.25) is 14.5 Å². The van der Waals surface area contributed by atoms with Gasteiger partial charge in [0.15, 0.2) is 6.29 Å². The van der Waals surface area contributed by atoms with Crippen LogP contribution in [0.5, 0.6) is 0 Å². The molecule has 2 amide bonds. The Morgan fingerprint density at radius 3 is 2.33 bits per heavy atom. The number of ether oxygens (including phenoxy) is 2. The predicted molar refractivity (Wildman–Crippen MR) is 202 cm³/mol. The number of likely N-dealkylation sites (tertiary alicyclic amines) is 1. The molecule has 4 aromatic rings. The molecule has 0 radical (unpaired) electrons. The number of rotatable bonds is 15. The number of hydrogen-bond acceptors (Lipinski definition) is 8. The van der Waals surface area contributed by atoms with Crippen molar-refractivity contribution < 1.29 is 29.3 Å². The fraction of sp³-hybridized carbons (Fsp3) is 0.381. The highest BCUT2D eigenvalue weighted by molar-refractivity contribution is 5.93. The van der Waals surface area contributed by atoms with Crippen LogP contribution in [0.15, 0.2) is 97.1 Å². The first-order chi connectivity index (χ1) is 25.4. The summed E-state index contributed by atoms with van der Waals surface area (Å²) < 4.78 is 13.2. The molecule has 2 fully saturated rings. The lowest BCUT2D eigenvalue weighted by molar-refractivity contribution is -0.253. The van der Waals surface area contributed by atoms with Crippen LogP contribution in [0.1, 0.15) is 79.6 Å². The molecule has 0 aliphatic carbocycles. The van der Waals surface area contributed by atoms with E-state index in [0.29, 0.717) is 50.0 Å². The lowest BCUT2D eigenvalue weighted by atomic mass is 9.98. The Morgan fingerprint density at radius 1 is 0.808 bits per heavy atom. The Kier molecular flexibility index (Phi) is 13.1. The molecule has 2 aliphatic rings. The minimum atomic E-state index is -0.582. The highest BCUT2D eigenvalue weighted by Crippen LogP contribution is 2.39. The van der Waals surface area contributed by atoms with E-state index in [1.165, 1.54) is 0 Å². The molecule has 0 spiro atoms. The number of nitrogens with two attached hydrogens (primary N) is 1. The van der Waals surface area contributed by atoms with Gasteiger partial charge in [0.25, 0.3) is 0 Å². The average molecular weight is 707 g/mol. The Balaban J connectivity index is 1.05. The molecule has 10 nitrogen and oxygen atoms in total. The number of carbonyl (C=O) groups excluding carboxylic acids is 2. The van der Waals surface area contributed by atoms with Gasteiger partial charge in [-0.25, -0.2) is 0 Å². The first-order valence-corrected chi connectivity index (χ1v) is 18.3. The summed E-state index contributed by atoms with van der Waals surface area (Å²) in [6, 6.07) is 31.5. The number of unbranched alkanes of at least 4 members (excludes halogenated alkanes) is 1.